The fourth-order valence-corrected chi connectivity index (χ4v) is 4.84. The number of aliphatic hydroxyl groups is 1. The Morgan fingerprint density at radius 2 is 2.00 bits per heavy atom. The fourth-order valence-electron chi connectivity index (χ4n) is 3.38. The molecule has 0 saturated carbocycles. The van der Waals surface area contributed by atoms with Gasteiger partial charge >= 0.3 is 6.18 Å². The number of alkyl halides is 3. The second-order valence-corrected chi connectivity index (χ2v) is 10.1. The number of hydrogen-bond donors (Lipinski definition) is 2. The smallest absolute Gasteiger partial charge is 0.427 e. The molecule has 0 spiro atoms. The van der Waals surface area contributed by atoms with Gasteiger partial charge in [0.1, 0.15) is 23.7 Å². The van der Waals surface area contributed by atoms with Crippen LogP contribution in [0.25, 0.3) is 10.9 Å². The van der Waals surface area contributed by atoms with Crippen molar-refractivity contribution in [1.29, 1.82) is 0 Å². The molecule has 33 heavy (non-hydrogen) atoms. The number of aryl methyl sites for hydroxylation is 1. The Bertz CT molecular complexity index is 1310. The molecule has 1 atom stereocenters. The number of anilines is 2. The molecule has 4 rings (SSSR count). The van der Waals surface area contributed by atoms with Crippen LogP contribution in [0.3, 0.4) is 0 Å². The highest BCUT2D eigenvalue weighted by atomic mass is 32.2. The zero-order chi connectivity index (χ0) is 23.8. The summed E-state index contributed by atoms with van der Waals surface area (Å²) in [6.07, 6.45) is -5.24. The lowest BCUT2D eigenvalue weighted by atomic mass is 10.1. The minimum Gasteiger partial charge on any atom is -0.476 e. The predicted molar refractivity (Wildman–Crippen MR) is 116 cm³/mol. The van der Waals surface area contributed by atoms with Crippen molar-refractivity contribution in [3.8, 4) is 5.75 Å². The van der Waals surface area contributed by atoms with Crippen molar-refractivity contribution in [2.24, 2.45) is 4.36 Å². The van der Waals surface area contributed by atoms with Crippen LogP contribution in [0.5, 0.6) is 5.75 Å². The van der Waals surface area contributed by atoms with Crippen LogP contribution in [-0.4, -0.2) is 49.7 Å². The second kappa shape index (κ2) is 8.75. The molecule has 1 fully saturated rings. The summed E-state index contributed by atoms with van der Waals surface area (Å²) in [5.41, 5.74) is 1.73. The van der Waals surface area contributed by atoms with E-state index in [0.717, 1.165) is 18.6 Å². The number of nitrogens with one attached hydrogen (secondary N) is 1. The SMILES string of the molecule is Cc1cc(N=S2(=O)CCC2)cc2ncnc(Nc3ccc(F)cc3O[C@H](CO)C(F)(F)F)c12. The Kier molecular flexibility index (Phi) is 6.14. The lowest BCUT2D eigenvalue weighted by molar-refractivity contribution is -0.203. The maximum absolute atomic E-state index is 13.8. The van der Waals surface area contributed by atoms with Crippen LogP contribution in [0.2, 0.25) is 0 Å². The minimum absolute atomic E-state index is 0.0182. The summed E-state index contributed by atoms with van der Waals surface area (Å²) < 4.78 is 74.6. The molecule has 1 saturated heterocycles. The van der Waals surface area contributed by atoms with Crippen LogP contribution in [0.15, 0.2) is 41.0 Å². The van der Waals surface area contributed by atoms with Crippen molar-refractivity contribution < 1.29 is 31.6 Å². The van der Waals surface area contributed by atoms with Gasteiger partial charge in [-0.1, -0.05) is 0 Å². The van der Waals surface area contributed by atoms with Gasteiger partial charge in [0, 0.05) is 23.0 Å². The largest absolute Gasteiger partial charge is 0.476 e. The van der Waals surface area contributed by atoms with E-state index in [-0.39, 0.29) is 11.5 Å². The number of nitrogens with zero attached hydrogens (tertiary/aromatic N) is 3. The van der Waals surface area contributed by atoms with Gasteiger partial charge in [-0.05, 0) is 43.2 Å². The predicted octanol–water partition coefficient (Wildman–Crippen LogP) is 4.63. The molecule has 1 aromatic heterocycles. The lowest BCUT2D eigenvalue weighted by Gasteiger charge is -2.22. The lowest BCUT2D eigenvalue weighted by Crippen LogP contribution is -2.37. The van der Waals surface area contributed by atoms with Gasteiger partial charge in [-0.3, -0.25) is 0 Å². The Hall–Kier alpha value is -2.99. The third-order valence-corrected chi connectivity index (χ3v) is 7.51. The van der Waals surface area contributed by atoms with Crippen molar-refractivity contribution >= 4 is 37.8 Å². The van der Waals surface area contributed by atoms with E-state index in [1.165, 1.54) is 12.4 Å². The molecule has 12 heteroatoms. The molecule has 0 unspecified atom stereocenters. The van der Waals surface area contributed by atoms with E-state index in [9.17, 15) is 21.8 Å². The third kappa shape index (κ3) is 5.01. The number of rotatable bonds is 6. The van der Waals surface area contributed by atoms with Crippen LogP contribution in [0, 0.1) is 12.7 Å². The van der Waals surface area contributed by atoms with Crippen molar-refractivity contribution in [1.82, 2.24) is 9.97 Å². The van der Waals surface area contributed by atoms with Crippen molar-refractivity contribution in [2.75, 3.05) is 23.4 Å². The molecule has 2 heterocycles. The zero-order valence-corrected chi connectivity index (χ0v) is 18.2. The third-order valence-electron chi connectivity index (χ3n) is 5.12. The van der Waals surface area contributed by atoms with E-state index in [2.05, 4.69) is 19.6 Å². The number of hydrogen-bond acceptors (Lipinski definition) is 7. The molecule has 2 aromatic carbocycles. The summed E-state index contributed by atoms with van der Waals surface area (Å²) in [5, 5.41) is 12.5. The molecule has 0 radical (unpaired) electrons. The summed E-state index contributed by atoms with van der Waals surface area (Å²) >= 11 is 0. The monoisotopic (exact) mass is 484 g/mol. The molecule has 1 aliphatic heterocycles. The van der Waals surface area contributed by atoms with Crippen LogP contribution >= 0.6 is 0 Å². The highest BCUT2D eigenvalue weighted by Crippen LogP contribution is 2.36. The number of aliphatic hydroxyl groups excluding tert-OH is 1. The van der Waals surface area contributed by atoms with Gasteiger partial charge in [0.15, 0.2) is 0 Å². The van der Waals surface area contributed by atoms with Crippen molar-refractivity contribution in [3.63, 3.8) is 0 Å². The Morgan fingerprint density at radius 3 is 2.64 bits per heavy atom. The molecular weight excluding hydrogens is 464 g/mol. The van der Waals surface area contributed by atoms with Gasteiger partial charge in [0.05, 0.1) is 33.2 Å². The minimum atomic E-state index is -4.85. The molecule has 3 aromatic rings. The van der Waals surface area contributed by atoms with Crippen LogP contribution in [0.1, 0.15) is 12.0 Å². The average Bonchev–Trinajstić information content (AvgIpc) is 2.71. The Morgan fingerprint density at radius 1 is 1.24 bits per heavy atom. The number of ether oxygens (including phenoxy) is 1. The summed E-state index contributed by atoms with van der Waals surface area (Å²) in [6, 6.07) is 6.45. The van der Waals surface area contributed by atoms with Crippen LogP contribution in [0.4, 0.5) is 34.8 Å². The quantitative estimate of drug-likeness (QED) is 0.496. The van der Waals surface area contributed by atoms with Gasteiger partial charge < -0.3 is 15.2 Å². The first kappa shape index (κ1) is 23.2. The number of fused-ring (bicyclic) bond motifs is 1. The second-order valence-electron chi connectivity index (χ2n) is 7.60. The van der Waals surface area contributed by atoms with Gasteiger partial charge in [-0.2, -0.15) is 17.5 Å². The van der Waals surface area contributed by atoms with E-state index in [1.54, 1.807) is 19.1 Å². The van der Waals surface area contributed by atoms with Crippen molar-refractivity contribution in [2.45, 2.75) is 25.6 Å². The molecule has 0 bridgehead atoms. The average molecular weight is 484 g/mol. The molecule has 176 valence electrons. The summed E-state index contributed by atoms with van der Waals surface area (Å²) in [5.74, 6) is 0.112. The number of benzene rings is 2. The van der Waals surface area contributed by atoms with E-state index in [1.807, 2.05) is 0 Å². The maximum Gasteiger partial charge on any atom is 0.427 e. The highest BCUT2D eigenvalue weighted by Gasteiger charge is 2.41. The maximum atomic E-state index is 13.8. The first-order valence-electron chi connectivity index (χ1n) is 9.97. The molecular formula is C21H20F4N4O3S. The first-order valence-corrected chi connectivity index (χ1v) is 11.8. The zero-order valence-electron chi connectivity index (χ0n) is 17.4. The van der Waals surface area contributed by atoms with Gasteiger partial charge in [0.25, 0.3) is 0 Å². The molecule has 0 amide bonds. The van der Waals surface area contributed by atoms with Gasteiger partial charge in [-0.15, -0.1) is 0 Å². The van der Waals surface area contributed by atoms with E-state index in [4.69, 9.17) is 9.84 Å². The van der Waals surface area contributed by atoms with E-state index < -0.39 is 40.2 Å². The molecule has 7 nitrogen and oxygen atoms in total. The summed E-state index contributed by atoms with van der Waals surface area (Å²) in [4.78, 5) is 8.41. The van der Waals surface area contributed by atoms with Crippen LogP contribution in [-0.2, 0) is 9.73 Å². The van der Waals surface area contributed by atoms with Crippen molar-refractivity contribution in [3.05, 3.63) is 48.0 Å². The van der Waals surface area contributed by atoms with Gasteiger partial charge in [-0.25, -0.2) is 18.6 Å². The molecule has 1 aliphatic rings. The fraction of sp³-hybridized carbons (Fsp3) is 0.333. The summed E-state index contributed by atoms with van der Waals surface area (Å²) in [7, 11) is -2.22. The molecule has 0 aliphatic carbocycles. The molecule has 2 N–H and O–H groups in total. The van der Waals surface area contributed by atoms with E-state index in [0.29, 0.717) is 33.7 Å². The first-order chi connectivity index (χ1) is 15.6. The Labute approximate surface area is 187 Å². The topological polar surface area (TPSA) is 96.7 Å². The Balaban J connectivity index is 1.73. The normalized spacial score (nSPS) is 16.2. The standard InChI is InChI=1S/C21H20F4N4O3S/c1-12-7-14(29-33(31)5-2-6-33)9-16-19(12)20(27-11-26-16)28-15-4-3-13(22)8-17(15)32-18(10-30)21(23,24)25/h3-4,7-9,11,18,30H,2,5-6,10H2,1H3,(H,26,27,28)/t18-/m1/s1. The van der Waals surface area contributed by atoms with E-state index >= 15 is 0 Å². The van der Waals surface area contributed by atoms with Crippen LogP contribution < -0.4 is 10.1 Å². The highest BCUT2D eigenvalue weighted by molar-refractivity contribution is 7.95. The van der Waals surface area contributed by atoms with Gasteiger partial charge in [0.2, 0.25) is 6.10 Å². The number of halogens is 4. The number of aromatic nitrogens is 2. The summed E-state index contributed by atoms with van der Waals surface area (Å²) in [6.45, 7) is 0.446.